The summed E-state index contributed by atoms with van der Waals surface area (Å²) in [5.74, 6) is -0.0545. The lowest BCUT2D eigenvalue weighted by molar-refractivity contribution is 0.290. The van der Waals surface area contributed by atoms with E-state index in [1.165, 1.54) is 0 Å². The van der Waals surface area contributed by atoms with E-state index in [9.17, 15) is 12.8 Å². The van der Waals surface area contributed by atoms with Crippen molar-refractivity contribution in [3.63, 3.8) is 0 Å². The smallest absolute Gasteiger partial charge is 0.232 e. The first kappa shape index (κ1) is 16.2. The highest BCUT2D eigenvalue weighted by Gasteiger charge is 2.06. The van der Waals surface area contributed by atoms with Crippen LogP contribution in [0.15, 0.2) is 18.2 Å². The van der Waals surface area contributed by atoms with E-state index in [-0.39, 0.29) is 17.3 Å². The lowest BCUT2D eigenvalue weighted by Gasteiger charge is -2.08. The van der Waals surface area contributed by atoms with Gasteiger partial charge in [-0.2, -0.15) is 0 Å². The van der Waals surface area contributed by atoms with Gasteiger partial charge in [0.25, 0.3) is 0 Å². The fourth-order valence-electron chi connectivity index (χ4n) is 1.64. The first-order valence-electron chi connectivity index (χ1n) is 6.20. The zero-order valence-corrected chi connectivity index (χ0v) is 12.4. The van der Waals surface area contributed by atoms with Crippen LogP contribution in [0, 0.1) is 12.7 Å². The second-order valence-corrected chi connectivity index (χ2v) is 7.29. The lowest BCUT2D eigenvalue weighted by atomic mass is 10.2. The van der Waals surface area contributed by atoms with Crippen molar-refractivity contribution in [3.8, 4) is 5.75 Å². The molecule has 0 atom stereocenters. The lowest BCUT2D eigenvalue weighted by Crippen LogP contribution is -2.01. The topological polar surface area (TPSA) is 43.4 Å². The van der Waals surface area contributed by atoms with Gasteiger partial charge in [0.1, 0.15) is 0 Å². The number of halogens is 2. The summed E-state index contributed by atoms with van der Waals surface area (Å²) in [6.07, 6.45) is 2.91. The molecule has 0 unspecified atom stereocenters. The second kappa shape index (κ2) is 7.70. The number of aryl methyl sites for hydroxylation is 1. The van der Waals surface area contributed by atoms with Gasteiger partial charge in [-0.05, 0) is 31.4 Å². The van der Waals surface area contributed by atoms with Crippen LogP contribution in [-0.2, 0) is 9.05 Å². The fraction of sp³-hybridized carbons (Fsp3) is 0.538. The third-order valence-corrected chi connectivity index (χ3v) is 3.94. The minimum absolute atomic E-state index is 0.00191. The van der Waals surface area contributed by atoms with Gasteiger partial charge in [0.15, 0.2) is 11.6 Å². The SMILES string of the molecule is Cc1cccc(OCCCCCCS(=O)(=O)Cl)c1F. The molecule has 19 heavy (non-hydrogen) atoms. The molecule has 1 rings (SSSR count). The van der Waals surface area contributed by atoms with Crippen LogP contribution in [-0.4, -0.2) is 20.8 Å². The van der Waals surface area contributed by atoms with Gasteiger partial charge in [0.2, 0.25) is 9.05 Å². The zero-order valence-electron chi connectivity index (χ0n) is 10.9. The molecule has 1 aromatic rings. The summed E-state index contributed by atoms with van der Waals surface area (Å²) in [5, 5.41) is 0. The molecule has 0 aromatic heterocycles. The predicted octanol–water partition coefficient (Wildman–Crippen LogP) is 3.64. The van der Waals surface area contributed by atoms with Crippen LogP contribution in [0.4, 0.5) is 4.39 Å². The minimum Gasteiger partial charge on any atom is -0.491 e. The number of hydrogen-bond donors (Lipinski definition) is 0. The van der Waals surface area contributed by atoms with Crippen LogP contribution in [0.3, 0.4) is 0 Å². The van der Waals surface area contributed by atoms with Gasteiger partial charge >= 0.3 is 0 Å². The maximum absolute atomic E-state index is 13.6. The van der Waals surface area contributed by atoms with E-state index in [2.05, 4.69) is 0 Å². The van der Waals surface area contributed by atoms with Crippen molar-refractivity contribution in [3.05, 3.63) is 29.6 Å². The number of ether oxygens (including phenoxy) is 1. The molecule has 0 aliphatic rings. The molecule has 0 spiro atoms. The maximum Gasteiger partial charge on any atom is 0.232 e. The maximum atomic E-state index is 13.6. The van der Waals surface area contributed by atoms with Crippen molar-refractivity contribution in [1.29, 1.82) is 0 Å². The molecule has 0 N–H and O–H groups in total. The molecule has 3 nitrogen and oxygen atoms in total. The monoisotopic (exact) mass is 308 g/mol. The van der Waals surface area contributed by atoms with Gasteiger partial charge in [0.05, 0.1) is 12.4 Å². The highest BCUT2D eigenvalue weighted by atomic mass is 35.7. The Hall–Kier alpha value is -0.810. The summed E-state index contributed by atoms with van der Waals surface area (Å²) in [7, 11) is 1.71. The zero-order chi connectivity index (χ0) is 14.3. The standard InChI is InChI=1S/C13H18ClFO3S/c1-11-7-6-8-12(13(11)15)18-9-4-2-3-5-10-19(14,16)17/h6-8H,2-5,9-10H2,1H3. The molecule has 0 amide bonds. The van der Waals surface area contributed by atoms with Gasteiger partial charge in [-0.3, -0.25) is 0 Å². The number of unbranched alkanes of at least 4 members (excludes halogenated alkanes) is 3. The Bertz CT molecular complexity index is 503. The second-order valence-electron chi connectivity index (χ2n) is 4.39. The molecule has 0 aliphatic carbocycles. The van der Waals surface area contributed by atoms with Crippen LogP contribution in [0.25, 0.3) is 0 Å². The van der Waals surface area contributed by atoms with Crippen molar-refractivity contribution in [2.24, 2.45) is 0 Å². The van der Waals surface area contributed by atoms with Crippen LogP contribution >= 0.6 is 10.7 Å². The Kier molecular flexibility index (Phi) is 6.58. The van der Waals surface area contributed by atoms with E-state index in [4.69, 9.17) is 15.4 Å². The Balaban J connectivity index is 2.16. The first-order chi connectivity index (χ1) is 8.90. The van der Waals surface area contributed by atoms with Crippen molar-refractivity contribution in [2.45, 2.75) is 32.6 Å². The number of hydrogen-bond acceptors (Lipinski definition) is 3. The van der Waals surface area contributed by atoms with E-state index in [0.717, 1.165) is 19.3 Å². The summed E-state index contributed by atoms with van der Waals surface area (Å²) >= 11 is 0. The van der Waals surface area contributed by atoms with Crippen LogP contribution in [0.1, 0.15) is 31.2 Å². The quantitative estimate of drug-likeness (QED) is 0.544. The fourth-order valence-corrected chi connectivity index (χ4v) is 2.52. The van der Waals surface area contributed by atoms with Crippen LogP contribution < -0.4 is 4.74 Å². The third-order valence-electron chi connectivity index (χ3n) is 2.70. The first-order valence-corrected chi connectivity index (χ1v) is 8.68. The van der Waals surface area contributed by atoms with Crippen LogP contribution in [0.5, 0.6) is 5.75 Å². The predicted molar refractivity (Wildman–Crippen MR) is 74.7 cm³/mol. The molecule has 108 valence electrons. The number of rotatable bonds is 8. The minimum atomic E-state index is -3.38. The largest absolute Gasteiger partial charge is 0.491 e. The Morgan fingerprint density at radius 2 is 1.89 bits per heavy atom. The van der Waals surface area contributed by atoms with Gasteiger partial charge in [-0.25, -0.2) is 12.8 Å². The molecule has 6 heteroatoms. The Morgan fingerprint density at radius 3 is 2.58 bits per heavy atom. The Morgan fingerprint density at radius 1 is 1.21 bits per heavy atom. The molecule has 0 saturated carbocycles. The number of benzene rings is 1. The Labute approximate surface area is 118 Å². The van der Waals surface area contributed by atoms with Crippen LogP contribution in [0.2, 0.25) is 0 Å². The van der Waals surface area contributed by atoms with Crippen molar-refractivity contribution in [2.75, 3.05) is 12.4 Å². The molecule has 0 bridgehead atoms. The third kappa shape index (κ3) is 6.78. The molecule has 0 aliphatic heterocycles. The molecule has 0 radical (unpaired) electrons. The molecule has 0 fully saturated rings. The summed E-state index contributed by atoms with van der Waals surface area (Å²) in [6.45, 7) is 2.11. The summed E-state index contributed by atoms with van der Waals surface area (Å²) in [5.41, 5.74) is 0.560. The van der Waals surface area contributed by atoms with Gasteiger partial charge in [0, 0.05) is 10.7 Å². The van der Waals surface area contributed by atoms with E-state index in [0.29, 0.717) is 18.6 Å². The molecular formula is C13H18ClFO3S. The van der Waals surface area contributed by atoms with E-state index in [1.54, 1.807) is 25.1 Å². The van der Waals surface area contributed by atoms with E-state index >= 15 is 0 Å². The normalized spacial score (nSPS) is 11.5. The average Bonchev–Trinajstić information content (AvgIpc) is 2.31. The highest BCUT2D eigenvalue weighted by molar-refractivity contribution is 8.13. The van der Waals surface area contributed by atoms with Gasteiger partial charge in [-0.1, -0.05) is 25.0 Å². The van der Waals surface area contributed by atoms with Gasteiger partial charge < -0.3 is 4.74 Å². The van der Waals surface area contributed by atoms with E-state index < -0.39 is 9.05 Å². The molecular weight excluding hydrogens is 291 g/mol. The van der Waals surface area contributed by atoms with Crippen molar-refractivity contribution < 1.29 is 17.5 Å². The van der Waals surface area contributed by atoms with Gasteiger partial charge in [-0.15, -0.1) is 0 Å². The van der Waals surface area contributed by atoms with Crippen molar-refractivity contribution >= 4 is 19.7 Å². The molecule has 0 saturated heterocycles. The average molecular weight is 309 g/mol. The summed E-state index contributed by atoms with van der Waals surface area (Å²) < 4.78 is 40.2. The highest BCUT2D eigenvalue weighted by Crippen LogP contribution is 2.19. The molecule has 0 heterocycles. The van der Waals surface area contributed by atoms with E-state index in [1.807, 2.05) is 0 Å². The summed E-state index contributed by atoms with van der Waals surface area (Å²) in [4.78, 5) is 0. The summed E-state index contributed by atoms with van der Waals surface area (Å²) in [6, 6.07) is 5.04. The van der Waals surface area contributed by atoms with Crippen molar-refractivity contribution in [1.82, 2.24) is 0 Å². The molecule has 1 aromatic carbocycles.